The van der Waals surface area contributed by atoms with Crippen molar-refractivity contribution in [3.8, 4) is 0 Å². The molecule has 258 valence electrons. The van der Waals surface area contributed by atoms with Crippen LogP contribution in [0.25, 0.3) is 0 Å². The number of nitrogens with one attached hydrogen (secondary N) is 1. The van der Waals surface area contributed by atoms with E-state index in [-0.39, 0.29) is 41.8 Å². The van der Waals surface area contributed by atoms with Crippen molar-refractivity contribution in [2.45, 2.75) is 101 Å². The fraction of sp³-hybridized carbons (Fsp3) is 0.611. The maximum Gasteiger partial charge on any atom is 0.407 e. The average Bonchev–Trinajstić information content (AvgIpc) is 3.69. The molecular formula is C36H51N3O7S. The van der Waals surface area contributed by atoms with Crippen molar-refractivity contribution in [2.75, 3.05) is 32.8 Å². The molecule has 11 heteroatoms. The first kappa shape index (κ1) is 35.3. The number of nitrogens with zero attached hydrogens (tertiary/aromatic N) is 2. The van der Waals surface area contributed by atoms with Crippen molar-refractivity contribution >= 4 is 22.0 Å². The Kier molecular flexibility index (Phi) is 11.6. The van der Waals surface area contributed by atoms with E-state index in [0.717, 1.165) is 37.7 Å². The number of aryl methyl sites for hydroxylation is 1. The van der Waals surface area contributed by atoms with Crippen LogP contribution in [0.4, 0.5) is 4.79 Å². The third-order valence-electron chi connectivity index (χ3n) is 9.93. The van der Waals surface area contributed by atoms with Gasteiger partial charge in [-0.15, -0.1) is 0 Å². The van der Waals surface area contributed by atoms with Crippen molar-refractivity contribution in [1.29, 1.82) is 0 Å². The number of benzene rings is 2. The predicted molar refractivity (Wildman–Crippen MR) is 179 cm³/mol. The van der Waals surface area contributed by atoms with Crippen LogP contribution in [0, 0.1) is 18.8 Å². The van der Waals surface area contributed by atoms with E-state index >= 15 is 0 Å². The molecule has 0 radical (unpaired) electrons. The van der Waals surface area contributed by atoms with Gasteiger partial charge in [-0.05, 0) is 94.4 Å². The van der Waals surface area contributed by atoms with E-state index in [0.29, 0.717) is 44.5 Å². The zero-order valence-electron chi connectivity index (χ0n) is 28.0. The molecule has 5 rings (SSSR count). The van der Waals surface area contributed by atoms with E-state index in [4.69, 9.17) is 9.47 Å². The van der Waals surface area contributed by atoms with E-state index in [1.807, 2.05) is 56.0 Å². The number of carbonyl (C=O) groups is 2. The van der Waals surface area contributed by atoms with Crippen molar-refractivity contribution < 1.29 is 32.6 Å². The molecule has 0 aromatic heterocycles. The Labute approximate surface area is 279 Å². The van der Waals surface area contributed by atoms with E-state index in [1.54, 1.807) is 24.3 Å². The monoisotopic (exact) mass is 669 g/mol. The van der Waals surface area contributed by atoms with Gasteiger partial charge in [-0.1, -0.05) is 49.7 Å². The van der Waals surface area contributed by atoms with Crippen LogP contribution in [0.2, 0.25) is 0 Å². The molecule has 2 saturated heterocycles. The SMILES string of the molecule is Cc1ccc(S(=O)(=O)N(CC(C)C)C[C@@H](O)[C@H](CC2CCN(C(=O)c3ccccc3)CC2)NC(=O)OC2CCCC23CCCO3)cc1. The van der Waals surface area contributed by atoms with Crippen LogP contribution < -0.4 is 5.32 Å². The topological polar surface area (TPSA) is 125 Å². The highest BCUT2D eigenvalue weighted by atomic mass is 32.2. The zero-order chi connectivity index (χ0) is 33.6. The third kappa shape index (κ3) is 8.73. The maximum absolute atomic E-state index is 13.8. The smallest absolute Gasteiger partial charge is 0.407 e. The van der Waals surface area contributed by atoms with Crippen molar-refractivity contribution in [3.05, 3.63) is 65.7 Å². The Balaban J connectivity index is 1.30. The lowest BCUT2D eigenvalue weighted by molar-refractivity contribution is -0.0760. The van der Waals surface area contributed by atoms with Crippen molar-refractivity contribution in [2.24, 2.45) is 11.8 Å². The summed E-state index contributed by atoms with van der Waals surface area (Å²) in [5, 5.41) is 14.7. The van der Waals surface area contributed by atoms with Crippen molar-refractivity contribution in [1.82, 2.24) is 14.5 Å². The van der Waals surface area contributed by atoms with Crippen LogP contribution in [0.15, 0.2) is 59.5 Å². The molecule has 3 fully saturated rings. The number of aliphatic hydroxyl groups excluding tert-OH is 1. The molecule has 2 aromatic rings. The minimum atomic E-state index is -3.91. The Hall–Kier alpha value is -2.99. The number of aliphatic hydroxyl groups is 1. The standard InChI is InChI=1S/C36H51N3O7S/c1-26(2)24-39(47(43,44)30-14-12-27(3)13-15-30)25-32(40)31(37-35(42)46-33-11-7-18-36(33)19-8-22-45-36)23-28-16-20-38(21-17-28)34(41)29-9-5-4-6-10-29/h4-6,9-10,12-15,26,28,31-33,40H,7-8,11,16-25H2,1-3H3,(H,37,42)/t31-,32+,33?,36?/m0/s1. The number of piperidine rings is 1. The van der Waals surface area contributed by atoms with Crippen LogP contribution in [0.3, 0.4) is 0 Å². The van der Waals surface area contributed by atoms with Gasteiger partial charge in [0.05, 0.1) is 17.0 Å². The predicted octanol–water partition coefficient (Wildman–Crippen LogP) is 5.14. The molecule has 1 saturated carbocycles. The minimum Gasteiger partial charge on any atom is -0.443 e. The fourth-order valence-corrected chi connectivity index (χ4v) is 8.96. The second-order valence-electron chi connectivity index (χ2n) is 14.0. The summed E-state index contributed by atoms with van der Waals surface area (Å²) in [6.45, 7) is 7.59. The Bertz CT molecular complexity index is 1430. The van der Waals surface area contributed by atoms with Gasteiger partial charge in [0, 0.05) is 38.3 Å². The summed E-state index contributed by atoms with van der Waals surface area (Å²) < 4.78 is 40.9. The Morgan fingerprint density at radius 2 is 1.70 bits per heavy atom. The van der Waals surface area contributed by atoms with E-state index in [9.17, 15) is 23.1 Å². The molecule has 2 N–H and O–H groups in total. The summed E-state index contributed by atoms with van der Waals surface area (Å²) in [7, 11) is -3.91. The number of rotatable bonds is 12. The molecule has 2 amide bonds. The van der Waals surface area contributed by atoms with E-state index < -0.39 is 33.9 Å². The molecule has 2 aliphatic heterocycles. The quantitative estimate of drug-likeness (QED) is 0.321. The first-order chi connectivity index (χ1) is 22.5. The summed E-state index contributed by atoms with van der Waals surface area (Å²) in [4.78, 5) is 28.5. The number of hydrogen-bond donors (Lipinski definition) is 2. The second-order valence-corrected chi connectivity index (χ2v) is 15.9. The largest absolute Gasteiger partial charge is 0.443 e. The van der Waals surface area contributed by atoms with Crippen LogP contribution in [0.5, 0.6) is 0 Å². The van der Waals surface area contributed by atoms with Gasteiger partial charge >= 0.3 is 6.09 Å². The molecule has 3 aliphatic rings. The molecular weight excluding hydrogens is 618 g/mol. The van der Waals surface area contributed by atoms with E-state index in [1.165, 1.54) is 4.31 Å². The number of sulfonamides is 1. The van der Waals surface area contributed by atoms with Crippen LogP contribution in [0.1, 0.15) is 81.1 Å². The number of carbonyl (C=O) groups excluding carboxylic acids is 2. The second kappa shape index (κ2) is 15.5. The van der Waals surface area contributed by atoms with Crippen LogP contribution in [-0.4, -0.2) is 91.4 Å². The lowest BCUT2D eigenvalue weighted by atomic mass is 9.88. The van der Waals surface area contributed by atoms with Gasteiger partial charge < -0.3 is 24.8 Å². The van der Waals surface area contributed by atoms with Gasteiger partial charge in [0.15, 0.2) is 0 Å². The maximum atomic E-state index is 13.8. The van der Waals surface area contributed by atoms with Gasteiger partial charge in [-0.3, -0.25) is 4.79 Å². The molecule has 0 bridgehead atoms. The first-order valence-electron chi connectivity index (χ1n) is 17.2. The Morgan fingerprint density at radius 1 is 1.02 bits per heavy atom. The fourth-order valence-electron chi connectivity index (χ4n) is 7.34. The normalized spacial score (nSPS) is 23.4. The van der Waals surface area contributed by atoms with Gasteiger partial charge in [0.1, 0.15) is 11.7 Å². The minimum absolute atomic E-state index is 0.00685. The van der Waals surface area contributed by atoms with E-state index in [2.05, 4.69) is 5.32 Å². The Morgan fingerprint density at radius 3 is 2.34 bits per heavy atom. The molecule has 2 unspecified atom stereocenters. The number of ether oxygens (including phenoxy) is 2. The third-order valence-corrected chi connectivity index (χ3v) is 11.8. The molecule has 2 heterocycles. The van der Waals surface area contributed by atoms with Gasteiger partial charge in [0.25, 0.3) is 5.91 Å². The molecule has 10 nitrogen and oxygen atoms in total. The highest BCUT2D eigenvalue weighted by Gasteiger charge is 2.49. The molecule has 47 heavy (non-hydrogen) atoms. The van der Waals surface area contributed by atoms with Crippen LogP contribution in [-0.2, 0) is 19.5 Å². The summed E-state index contributed by atoms with van der Waals surface area (Å²) in [5.74, 6) is 0.112. The molecule has 2 aromatic carbocycles. The summed E-state index contributed by atoms with van der Waals surface area (Å²) in [6.07, 6.45) is 3.98. The number of alkyl carbamates (subject to hydrolysis) is 1. The summed E-state index contributed by atoms with van der Waals surface area (Å²) in [5.41, 5.74) is 1.17. The van der Waals surface area contributed by atoms with Crippen LogP contribution >= 0.6 is 0 Å². The van der Waals surface area contributed by atoms with Gasteiger partial charge in [-0.25, -0.2) is 13.2 Å². The molecule has 1 aliphatic carbocycles. The average molecular weight is 670 g/mol. The first-order valence-corrected chi connectivity index (χ1v) is 18.6. The summed E-state index contributed by atoms with van der Waals surface area (Å²) >= 11 is 0. The number of amides is 2. The molecule has 4 atom stereocenters. The summed E-state index contributed by atoms with van der Waals surface area (Å²) in [6, 6.07) is 15.2. The van der Waals surface area contributed by atoms with Gasteiger partial charge in [-0.2, -0.15) is 4.31 Å². The molecule has 1 spiro atoms. The highest BCUT2D eigenvalue weighted by molar-refractivity contribution is 7.89. The van der Waals surface area contributed by atoms with Gasteiger partial charge in [0.2, 0.25) is 10.0 Å². The lowest BCUT2D eigenvalue weighted by Crippen LogP contribution is -2.52. The number of hydrogen-bond acceptors (Lipinski definition) is 7. The highest BCUT2D eigenvalue weighted by Crippen LogP contribution is 2.42. The zero-order valence-corrected chi connectivity index (χ0v) is 28.8. The number of likely N-dealkylation sites (tertiary alicyclic amines) is 1. The lowest BCUT2D eigenvalue weighted by Gasteiger charge is -2.36. The van der Waals surface area contributed by atoms with Crippen molar-refractivity contribution in [3.63, 3.8) is 0 Å².